The van der Waals surface area contributed by atoms with Crippen LogP contribution in [0.3, 0.4) is 0 Å². The lowest BCUT2D eigenvalue weighted by molar-refractivity contribution is 0.103. The molecule has 0 heterocycles. The van der Waals surface area contributed by atoms with Crippen molar-refractivity contribution in [2.45, 2.75) is 37.5 Å². The first kappa shape index (κ1) is 17.5. The van der Waals surface area contributed by atoms with Crippen LogP contribution in [0.2, 0.25) is 0 Å². The van der Waals surface area contributed by atoms with E-state index in [0.29, 0.717) is 0 Å². The molecule has 3 rings (SSSR count). The molecule has 0 aliphatic carbocycles. The number of hydrogen-bond donors (Lipinski definition) is 0. The first-order valence-electron chi connectivity index (χ1n) is 8.43. The van der Waals surface area contributed by atoms with Gasteiger partial charge in [-0.15, -0.1) is 0 Å². The number of ketones is 1. The van der Waals surface area contributed by atoms with Gasteiger partial charge in [-0.3, -0.25) is 4.79 Å². The third-order valence-corrected chi connectivity index (χ3v) is 6.11. The highest BCUT2D eigenvalue weighted by Crippen LogP contribution is 2.38. The molecule has 126 valence electrons. The molecular weight excluding hydrogens is 324 g/mol. The highest BCUT2D eigenvalue weighted by Gasteiger charge is 2.21. The van der Waals surface area contributed by atoms with Crippen LogP contribution in [0.15, 0.2) is 70.5 Å². The molecule has 0 spiro atoms. The summed E-state index contributed by atoms with van der Waals surface area (Å²) in [6, 6.07) is 19.9. The quantitative estimate of drug-likeness (QED) is 0.515. The summed E-state index contributed by atoms with van der Waals surface area (Å²) in [4.78, 5) is 15.5. The molecule has 3 aromatic rings. The molecule has 2 heteroatoms. The fourth-order valence-corrected chi connectivity index (χ4v) is 4.25. The van der Waals surface area contributed by atoms with E-state index in [-0.39, 0.29) is 5.78 Å². The molecule has 0 aromatic heterocycles. The van der Waals surface area contributed by atoms with E-state index < -0.39 is 0 Å². The monoisotopic (exact) mass is 346 g/mol. The zero-order chi connectivity index (χ0) is 18.0. The Hall–Kier alpha value is -2.32. The molecule has 25 heavy (non-hydrogen) atoms. The van der Waals surface area contributed by atoms with Gasteiger partial charge in [0.15, 0.2) is 5.78 Å². The van der Waals surface area contributed by atoms with E-state index in [9.17, 15) is 4.79 Å². The van der Waals surface area contributed by atoms with E-state index in [0.717, 1.165) is 22.3 Å². The van der Waals surface area contributed by atoms with Crippen molar-refractivity contribution in [1.82, 2.24) is 0 Å². The average molecular weight is 346 g/mol. The summed E-state index contributed by atoms with van der Waals surface area (Å²) < 4.78 is 0. The Labute approximate surface area is 154 Å². The van der Waals surface area contributed by atoms with E-state index >= 15 is 0 Å². The van der Waals surface area contributed by atoms with Crippen molar-refractivity contribution >= 4 is 17.5 Å². The Balaban J connectivity index is 2.10. The van der Waals surface area contributed by atoms with Crippen LogP contribution in [0.5, 0.6) is 0 Å². The van der Waals surface area contributed by atoms with Gasteiger partial charge < -0.3 is 0 Å². The van der Waals surface area contributed by atoms with Crippen LogP contribution < -0.4 is 0 Å². The fraction of sp³-hybridized carbons (Fsp3) is 0.174. The second kappa shape index (κ2) is 7.28. The summed E-state index contributed by atoms with van der Waals surface area (Å²) in [7, 11) is 0. The third-order valence-electron chi connectivity index (χ3n) is 4.78. The van der Waals surface area contributed by atoms with Crippen molar-refractivity contribution < 1.29 is 4.79 Å². The van der Waals surface area contributed by atoms with E-state index in [1.165, 1.54) is 20.9 Å². The Morgan fingerprint density at radius 2 is 1.16 bits per heavy atom. The van der Waals surface area contributed by atoms with Gasteiger partial charge in [0.2, 0.25) is 0 Å². The fourth-order valence-electron chi connectivity index (χ4n) is 3.11. The molecule has 0 radical (unpaired) electrons. The van der Waals surface area contributed by atoms with Crippen LogP contribution >= 0.6 is 11.8 Å². The lowest BCUT2D eigenvalue weighted by Crippen LogP contribution is -2.10. The molecule has 0 bridgehead atoms. The lowest BCUT2D eigenvalue weighted by Gasteiger charge is -2.19. The van der Waals surface area contributed by atoms with E-state index in [2.05, 4.69) is 52.0 Å². The van der Waals surface area contributed by atoms with Crippen molar-refractivity contribution in [1.29, 1.82) is 0 Å². The number of carbonyl (C=O) groups excluding carboxylic acids is 1. The number of hydrogen-bond acceptors (Lipinski definition) is 2. The smallest absolute Gasteiger partial charge is 0.193 e. The maximum Gasteiger partial charge on any atom is 0.193 e. The maximum absolute atomic E-state index is 13.1. The predicted octanol–water partition coefficient (Wildman–Crippen LogP) is 6.30. The minimum atomic E-state index is 0.109. The summed E-state index contributed by atoms with van der Waals surface area (Å²) >= 11 is 1.77. The van der Waals surface area contributed by atoms with Crippen LogP contribution in [0.4, 0.5) is 0 Å². The highest BCUT2D eigenvalue weighted by atomic mass is 32.2. The Morgan fingerprint density at radius 3 is 1.68 bits per heavy atom. The highest BCUT2D eigenvalue weighted by molar-refractivity contribution is 7.99. The molecule has 0 unspecified atom stereocenters. The molecule has 3 aromatic carbocycles. The second-order valence-corrected chi connectivity index (χ2v) is 7.40. The molecule has 0 amide bonds. The molecule has 0 atom stereocenters. The van der Waals surface area contributed by atoms with Crippen molar-refractivity contribution in [3.8, 4) is 0 Å². The predicted molar refractivity (Wildman–Crippen MR) is 106 cm³/mol. The molecule has 0 saturated heterocycles. The van der Waals surface area contributed by atoms with Crippen molar-refractivity contribution in [3.63, 3.8) is 0 Å². The standard InChI is InChI=1S/C23H22OS/c1-15-17(3)23(25-20-13-9-6-10-14-20)18(4)16(2)21(15)22(24)19-11-7-5-8-12-19/h5-14H,1-4H3. The maximum atomic E-state index is 13.1. The van der Waals surface area contributed by atoms with Gasteiger partial charge in [0.1, 0.15) is 0 Å². The van der Waals surface area contributed by atoms with Crippen LogP contribution in [0.1, 0.15) is 38.2 Å². The lowest BCUT2D eigenvalue weighted by atomic mass is 9.89. The van der Waals surface area contributed by atoms with Crippen LogP contribution in [-0.2, 0) is 0 Å². The van der Waals surface area contributed by atoms with Gasteiger partial charge in [-0.2, -0.15) is 0 Å². The number of rotatable bonds is 4. The second-order valence-electron chi connectivity index (χ2n) is 6.31. The zero-order valence-electron chi connectivity index (χ0n) is 15.1. The topological polar surface area (TPSA) is 17.1 Å². The first-order valence-corrected chi connectivity index (χ1v) is 9.25. The van der Waals surface area contributed by atoms with Crippen LogP contribution in [0, 0.1) is 27.7 Å². The van der Waals surface area contributed by atoms with Gasteiger partial charge >= 0.3 is 0 Å². The molecule has 0 aliphatic heterocycles. The van der Waals surface area contributed by atoms with Gasteiger partial charge in [0, 0.05) is 20.9 Å². The summed E-state index contributed by atoms with van der Waals surface area (Å²) in [5.41, 5.74) is 6.13. The average Bonchev–Trinajstić information content (AvgIpc) is 2.65. The summed E-state index contributed by atoms with van der Waals surface area (Å²) in [5, 5.41) is 0. The molecule has 0 N–H and O–H groups in total. The Morgan fingerprint density at radius 1 is 0.680 bits per heavy atom. The van der Waals surface area contributed by atoms with Crippen LogP contribution in [-0.4, -0.2) is 5.78 Å². The molecule has 1 nitrogen and oxygen atoms in total. The SMILES string of the molecule is Cc1c(C)c(C(=O)c2ccccc2)c(C)c(C)c1Sc1ccccc1. The van der Waals surface area contributed by atoms with Crippen LogP contribution in [0.25, 0.3) is 0 Å². The normalized spacial score (nSPS) is 10.7. The minimum Gasteiger partial charge on any atom is -0.289 e. The van der Waals surface area contributed by atoms with Gasteiger partial charge in [-0.1, -0.05) is 60.3 Å². The van der Waals surface area contributed by atoms with E-state index in [1.807, 2.05) is 36.4 Å². The van der Waals surface area contributed by atoms with Gasteiger partial charge in [-0.25, -0.2) is 0 Å². The van der Waals surface area contributed by atoms with Gasteiger partial charge in [-0.05, 0) is 62.1 Å². The largest absolute Gasteiger partial charge is 0.289 e. The zero-order valence-corrected chi connectivity index (χ0v) is 15.9. The molecule has 0 aliphatic rings. The summed E-state index contributed by atoms with van der Waals surface area (Å²) in [5.74, 6) is 0.109. The first-order chi connectivity index (χ1) is 12.0. The van der Waals surface area contributed by atoms with E-state index in [4.69, 9.17) is 0 Å². The molecule has 0 fully saturated rings. The minimum absolute atomic E-state index is 0.109. The van der Waals surface area contributed by atoms with Crippen molar-refractivity contribution in [2.75, 3.05) is 0 Å². The molecular formula is C23H22OS. The summed E-state index contributed by atoms with van der Waals surface area (Å²) in [6.45, 7) is 8.36. The number of benzene rings is 3. The number of carbonyl (C=O) groups is 1. The molecule has 0 saturated carbocycles. The van der Waals surface area contributed by atoms with Gasteiger partial charge in [0.25, 0.3) is 0 Å². The third kappa shape index (κ3) is 3.40. The van der Waals surface area contributed by atoms with Crippen molar-refractivity contribution in [2.24, 2.45) is 0 Å². The Kier molecular flexibility index (Phi) is 5.10. The van der Waals surface area contributed by atoms with Crippen molar-refractivity contribution in [3.05, 3.63) is 94.0 Å². The summed E-state index contributed by atoms with van der Waals surface area (Å²) in [6.07, 6.45) is 0. The van der Waals surface area contributed by atoms with Gasteiger partial charge in [0.05, 0.1) is 0 Å². The van der Waals surface area contributed by atoms with E-state index in [1.54, 1.807) is 11.8 Å². The Bertz CT molecular complexity index is 883.